The number of aryl methyl sites for hydroxylation is 1. The molecule has 0 amide bonds. The lowest BCUT2D eigenvalue weighted by atomic mass is 10.2. The molecule has 0 bridgehead atoms. The van der Waals surface area contributed by atoms with Gasteiger partial charge in [-0.2, -0.15) is 4.98 Å². The summed E-state index contributed by atoms with van der Waals surface area (Å²) in [6.07, 6.45) is 4.03. The molecule has 0 saturated carbocycles. The van der Waals surface area contributed by atoms with E-state index >= 15 is 0 Å². The molecule has 0 spiro atoms. The molecule has 1 heterocycles. The second kappa shape index (κ2) is 8.74. The Morgan fingerprint density at radius 2 is 2.15 bits per heavy atom. The number of nitrogens with zero attached hydrogens (tertiary/aromatic N) is 3. The van der Waals surface area contributed by atoms with Crippen LogP contribution in [-0.4, -0.2) is 42.8 Å². The van der Waals surface area contributed by atoms with Gasteiger partial charge in [0, 0.05) is 38.0 Å². The fraction of sp³-hybridized carbons (Fsp3) is 0.733. The van der Waals surface area contributed by atoms with Gasteiger partial charge in [-0.1, -0.05) is 13.8 Å². The van der Waals surface area contributed by atoms with Gasteiger partial charge >= 0.3 is 0 Å². The third-order valence-corrected chi connectivity index (χ3v) is 3.41. The van der Waals surface area contributed by atoms with Crippen LogP contribution in [0.3, 0.4) is 0 Å². The van der Waals surface area contributed by atoms with Gasteiger partial charge in [0.2, 0.25) is 5.95 Å². The second-order valence-electron chi connectivity index (χ2n) is 5.07. The molecule has 0 aliphatic heterocycles. The molecule has 1 atom stereocenters. The lowest BCUT2D eigenvalue weighted by molar-refractivity contribution is 0.203. The molecule has 1 unspecified atom stereocenters. The van der Waals surface area contributed by atoms with Crippen LogP contribution in [0.4, 0.5) is 11.8 Å². The number of ether oxygens (including phenoxy) is 1. The zero-order valence-electron chi connectivity index (χ0n) is 13.4. The molecule has 5 nitrogen and oxygen atoms in total. The number of anilines is 2. The van der Waals surface area contributed by atoms with Crippen LogP contribution in [0.5, 0.6) is 0 Å². The lowest BCUT2D eigenvalue weighted by Gasteiger charge is -2.30. The van der Waals surface area contributed by atoms with Gasteiger partial charge in [-0.15, -0.1) is 0 Å². The molecule has 0 fully saturated rings. The Kier molecular flexibility index (Phi) is 7.30. The highest BCUT2D eigenvalue weighted by atomic mass is 16.5. The molecule has 0 aliphatic rings. The van der Waals surface area contributed by atoms with E-state index in [1.54, 1.807) is 7.11 Å². The molecule has 1 aromatic rings. The van der Waals surface area contributed by atoms with Crippen LogP contribution in [0.15, 0.2) is 6.20 Å². The van der Waals surface area contributed by atoms with Gasteiger partial charge in [-0.05, 0) is 26.7 Å². The Morgan fingerprint density at radius 3 is 2.75 bits per heavy atom. The van der Waals surface area contributed by atoms with Gasteiger partial charge in [0.25, 0.3) is 0 Å². The fourth-order valence-electron chi connectivity index (χ4n) is 1.99. The van der Waals surface area contributed by atoms with Crippen molar-refractivity contribution in [1.29, 1.82) is 0 Å². The average Bonchev–Trinajstić information content (AvgIpc) is 2.47. The quantitative estimate of drug-likeness (QED) is 0.754. The van der Waals surface area contributed by atoms with E-state index in [0.29, 0.717) is 18.6 Å². The van der Waals surface area contributed by atoms with Crippen LogP contribution in [0, 0.1) is 6.92 Å². The van der Waals surface area contributed by atoms with E-state index in [1.807, 2.05) is 6.20 Å². The molecule has 1 aromatic heterocycles. The van der Waals surface area contributed by atoms with Crippen LogP contribution in [0.1, 0.15) is 39.2 Å². The van der Waals surface area contributed by atoms with Gasteiger partial charge < -0.3 is 15.0 Å². The van der Waals surface area contributed by atoms with Crippen molar-refractivity contribution in [2.75, 3.05) is 37.0 Å². The van der Waals surface area contributed by atoms with E-state index in [-0.39, 0.29) is 0 Å². The molecule has 114 valence electrons. The van der Waals surface area contributed by atoms with Gasteiger partial charge in [0.15, 0.2) is 0 Å². The molecule has 0 aliphatic carbocycles. The van der Waals surface area contributed by atoms with Crippen molar-refractivity contribution in [2.45, 2.75) is 46.6 Å². The Balaban J connectivity index is 2.97. The molecule has 20 heavy (non-hydrogen) atoms. The maximum atomic E-state index is 5.22. The number of nitrogens with one attached hydrogen (secondary N) is 1. The summed E-state index contributed by atoms with van der Waals surface area (Å²) in [6, 6.07) is 0.428. The predicted octanol–water partition coefficient (Wildman–Crippen LogP) is 2.86. The smallest absolute Gasteiger partial charge is 0.224 e. The van der Waals surface area contributed by atoms with Crippen molar-refractivity contribution in [2.24, 2.45) is 0 Å². The highest BCUT2D eigenvalue weighted by Gasteiger charge is 2.17. The van der Waals surface area contributed by atoms with E-state index in [0.717, 1.165) is 37.3 Å². The largest absolute Gasteiger partial charge is 0.383 e. The number of methoxy groups -OCH3 is 1. The minimum atomic E-state index is 0.428. The lowest BCUT2D eigenvalue weighted by Crippen LogP contribution is -2.36. The van der Waals surface area contributed by atoms with Crippen LogP contribution in [0.25, 0.3) is 0 Å². The second-order valence-corrected chi connectivity index (χ2v) is 5.07. The highest BCUT2D eigenvalue weighted by molar-refractivity contribution is 5.49. The molecule has 0 radical (unpaired) electrons. The molecular formula is C15H28N4O. The van der Waals surface area contributed by atoms with Gasteiger partial charge in [-0.3, -0.25) is 0 Å². The van der Waals surface area contributed by atoms with Crippen LogP contribution in [0.2, 0.25) is 0 Å². The molecule has 5 heteroatoms. The van der Waals surface area contributed by atoms with Gasteiger partial charge in [0.1, 0.15) is 5.82 Å². The summed E-state index contributed by atoms with van der Waals surface area (Å²) in [5.74, 6) is 1.71. The standard InChI is InChI=1S/C15H28N4O/c1-6-8-16-15-17-11-12(3)14(18-15)19(9-10-20-5)13(4)7-2/h11,13H,6-10H2,1-5H3,(H,16,17,18). The number of hydrogen-bond donors (Lipinski definition) is 1. The zero-order chi connectivity index (χ0) is 15.0. The first-order chi connectivity index (χ1) is 9.63. The normalized spacial score (nSPS) is 12.2. The SMILES string of the molecule is CCCNc1ncc(C)c(N(CCOC)C(C)CC)n1. The number of aromatic nitrogens is 2. The molecular weight excluding hydrogens is 252 g/mol. The summed E-state index contributed by atoms with van der Waals surface area (Å²) < 4.78 is 5.22. The summed E-state index contributed by atoms with van der Waals surface area (Å²) in [4.78, 5) is 11.3. The summed E-state index contributed by atoms with van der Waals surface area (Å²) in [6.45, 7) is 11.0. The summed E-state index contributed by atoms with van der Waals surface area (Å²) in [7, 11) is 1.73. The third-order valence-electron chi connectivity index (χ3n) is 3.41. The Labute approximate surface area is 122 Å². The van der Waals surface area contributed by atoms with Gasteiger partial charge in [-0.25, -0.2) is 4.98 Å². The maximum absolute atomic E-state index is 5.22. The summed E-state index contributed by atoms with van der Waals surface area (Å²) in [5, 5.41) is 3.25. The molecule has 0 saturated heterocycles. The summed E-state index contributed by atoms with van der Waals surface area (Å²) in [5.41, 5.74) is 1.10. The molecule has 1 rings (SSSR count). The minimum absolute atomic E-state index is 0.428. The number of hydrogen-bond acceptors (Lipinski definition) is 5. The van der Waals surface area contributed by atoms with Crippen LogP contribution >= 0.6 is 0 Å². The van der Waals surface area contributed by atoms with Crippen molar-refractivity contribution in [3.63, 3.8) is 0 Å². The van der Waals surface area contributed by atoms with E-state index in [2.05, 4.69) is 47.9 Å². The number of rotatable bonds is 9. The van der Waals surface area contributed by atoms with E-state index in [9.17, 15) is 0 Å². The van der Waals surface area contributed by atoms with Crippen LogP contribution < -0.4 is 10.2 Å². The topological polar surface area (TPSA) is 50.3 Å². The van der Waals surface area contributed by atoms with Crippen molar-refractivity contribution >= 4 is 11.8 Å². The maximum Gasteiger partial charge on any atom is 0.224 e. The Bertz CT molecular complexity index is 397. The minimum Gasteiger partial charge on any atom is -0.383 e. The van der Waals surface area contributed by atoms with E-state index < -0.39 is 0 Å². The predicted molar refractivity (Wildman–Crippen MR) is 84.5 cm³/mol. The van der Waals surface area contributed by atoms with Crippen molar-refractivity contribution in [1.82, 2.24) is 9.97 Å². The van der Waals surface area contributed by atoms with Crippen molar-refractivity contribution < 1.29 is 4.74 Å². The fourth-order valence-corrected chi connectivity index (χ4v) is 1.99. The molecule has 0 aromatic carbocycles. The first-order valence-corrected chi connectivity index (χ1v) is 7.47. The first kappa shape index (κ1) is 16.7. The van der Waals surface area contributed by atoms with Crippen LogP contribution in [-0.2, 0) is 4.74 Å². The zero-order valence-corrected chi connectivity index (χ0v) is 13.4. The van der Waals surface area contributed by atoms with Gasteiger partial charge in [0.05, 0.1) is 6.61 Å². The Hall–Kier alpha value is -1.36. The highest BCUT2D eigenvalue weighted by Crippen LogP contribution is 2.21. The monoisotopic (exact) mass is 280 g/mol. The first-order valence-electron chi connectivity index (χ1n) is 7.47. The van der Waals surface area contributed by atoms with E-state index in [1.165, 1.54) is 0 Å². The van der Waals surface area contributed by atoms with Crippen molar-refractivity contribution in [3.05, 3.63) is 11.8 Å². The molecule has 1 N–H and O–H groups in total. The Morgan fingerprint density at radius 1 is 1.40 bits per heavy atom. The third kappa shape index (κ3) is 4.63. The summed E-state index contributed by atoms with van der Waals surface area (Å²) >= 11 is 0. The van der Waals surface area contributed by atoms with E-state index in [4.69, 9.17) is 4.74 Å². The van der Waals surface area contributed by atoms with Crippen molar-refractivity contribution in [3.8, 4) is 0 Å². The average molecular weight is 280 g/mol.